The van der Waals surface area contributed by atoms with Crippen LogP contribution in [0.1, 0.15) is 50.1 Å². The summed E-state index contributed by atoms with van der Waals surface area (Å²) in [6.45, 7) is 0.337. The van der Waals surface area contributed by atoms with E-state index in [4.69, 9.17) is 0 Å². The van der Waals surface area contributed by atoms with E-state index in [1.165, 1.54) is 23.9 Å². The van der Waals surface area contributed by atoms with Gasteiger partial charge in [0.25, 0.3) is 11.8 Å². The van der Waals surface area contributed by atoms with Gasteiger partial charge in [0.15, 0.2) is 5.82 Å². The zero-order valence-electron chi connectivity index (χ0n) is 19.8. The lowest BCUT2D eigenvalue weighted by Gasteiger charge is -2.14. The Balaban J connectivity index is 1.12. The Hall–Kier alpha value is -4.58. The number of rotatable bonds is 6. The smallest absolute Gasteiger partial charge is 0.270 e. The number of fused-ring (bicyclic) bond motifs is 2. The number of tetrazole rings is 1. The average Bonchev–Trinajstić information content (AvgIpc) is 3.66. The summed E-state index contributed by atoms with van der Waals surface area (Å²) < 4.78 is 6.85. The summed E-state index contributed by atoms with van der Waals surface area (Å²) in [5.74, 6) is -0.0458. The van der Waals surface area contributed by atoms with Crippen LogP contribution >= 0.6 is 11.5 Å². The van der Waals surface area contributed by atoms with E-state index in [0.29, 0.717) is 12.4 Å². The van der Waals surface area contributed by atoms with E-state index in [9.17, 15) is 9.59 Å². The van der Waals surface area contributed by atoms with E-state index in [1.807, 2.05) is 36.5 Å². The topological polar surface area (TPSA) is 140 Å². The summed E-state index contributed by atoms with van der Waals surface area (Å²) in [6, 6.07) is 13.2. The van der Waals surface area contributed by atoms with Crippen LogP contribution in [0.15, 0.2) is 55.0 Å². The number of amides is 2. The molecule has 0 aliphatic heterocycles. The second kappa shape index (κ2) is 9.47. The molecule has 0 radical (unpaired) electrons. The lowest BCUT2D eigenvalue weighted by molar-refractivity contribution is 0.0931. The van der Waals surface area contributed by atoms with Crippen molar-refractivity contribution in [2.45, 2.75) is 25.4 Å². The van der Waals surface area contributed by atoms with Gasteiger partial charge < -0.3 is 10.6 Å². The van der Waals surface area contributed by atoms with Gasteiger partial charge in [-0.25, -0.2) is 14.6 Å². The first kappa shape index (κ1) is 22.9. The van der Waals surface area contributed by atoms with Gasteiger partial charge in [-0.05, 0) is 63.6 Å². The van der Waals surface area contributed by atoms with Crippen LogP contribution in [-0.2, 0) is 20.0 Å². The van der Waals surface area contributed by atoms with E-state index < -0.39 is 0 Å². The van der Waals surface area contributed by atoms with Crippen molar-refractivity contribution in [2.24, 2.45) is 7.05 Å². The Morgan fingerprint density at radius 1 is 1.08 bits per heavy atom. The lowest BCUT2D eigenvalue weighted by atomic mass is 10.0. The molecule has 0 fully saturated rings. The van der Waals surface area contributed by atoms with Gasteiger partial charge in [0.05, 0.1) is 10.7 Å². The highest BCUT2D eigenvalue weighted by Gasteiger charge is 2.26. The third kappa shape index (κ3) is 4.54. The van der Waals surface area contributed by atoms with E-state index in [2.05, 4.69) is 46.6 Å². The molecular formula is C25H21N9O2S. The molecule has 3 heterocycles. The van der Waals surface area contributed by atoms with Crippen LogP contribution in [0.5, 0.6) is 0 Å². The van der Waals surface area contributed by atoms with Crippen molar-refractivity contribution in [1.29, 1.82) is 0 Å². The molecule has 1 aliphatic rings. The van der Waals surface area contributed by atoms with Crippen LogP contribution in [0.4, 0.5) is 0 Å². The molecule has 0 saturated heterocycles. The highest BCUT2D eigenvalue weighted by atomic mass is 32.1. The Morgan fingerprint density at radius 3 is 2.78 bits per heavy atom. The number of hydrogen-bond donors (Lipinski definition) is 2. The number of nitrogens with one attached hydrogen (secondary N) is 2. The second-order valence-electron chi connectivity index (χ2n) is 8.77. The predicted octanol–water partition coefficient (Wildman–Crippen LogP) is 2.62. The van der Waals surface area contributed by atoms with Crippen molar-refractivity contribution in [3.63, 3.8) is 0 Å². The van der Waals surface area contributed by atoms with Crippen LogP contribution < -0.4 is 10.6 Å². The van der Waals surface area contributed by atoms with Gasteiger partial charge in [-0.3, -0.25) is 9.59 Å². The van der Waals surface area contributed by atoms with Crippen molar-refractivity contribution >= 4 is 33.4 Å². The van der Waals surface area contributed by atoms with Crippen LogP contribution in [0.3, 0.4) is 0 Å². The van der Waals surface area contributed by atoms with Crippen LogP contribution in [-0.4, -0.2) is 46.4 Å². The minimum absolute atomic E-state index is 0.132. The lowest BCUT2D eigenvalue weighted by Crippen LogP contribution is -2.29. The molecule has 2 aromatic carbocycles. The van der Waals surface area contributed by atoms with Crippen molar-refractivity contribution in [1.82, 2.24) is 45.2 Å². The summed E-state index contributed by atoms with van der Waals surface area (Å²) in [7, 11) is 1.80. The normalized spacial score (nSPS) is 14.5. The third-order valence-corrected chi connectivity index (χ3v) is 7.17. The quantitative estimate of drug-likeness (QED) is 0.355. The number of aromatic nitrogens is 7. The predicted molar refractivity (Wildman–Crippen MR) is 136 cm³/mol. The molecule has 5 aromatic rings. The fourth-order valence-corrected chi connectivity index (χ4v) is 5.22. The fraction of sp³-hybridized carbons (Fsp3) is 0.200. The zero-order valence-corrected chi connectivity index (χ0v) is 20.6. The van der Waals surface area contributed by atoms with Crippen molar-refractivity contribution in [3.05, 3.63) is 83.1 Å². The van der Waals surface area contributed by atoms with E-state index >= 15 is 0 Å². The Labute approximate surface area is 215 Å². The molecule has 0 unspecified atom stereocenters. The monoisotopic (exact) mass is 511 g/mol. The first-order valence-electron chi connectivity index (χ1n) is 11.6. The number of carbonyl (C=O) groups excluding carboxylic acids is 2. The summed E-state index contributed by atoms with van der Waals surface area (Å²) in [4.78, 5) is 33.8. The van der Waals surface area contributed by atoms with Gasteiger partial charge in [0, 0.05) is 36.8 Å². The zero-order chi connectivity index (χ0) is 25.4. The first-order chi connectivity index (χ1) is 18.0. The molecule has 0 bridgehead atoms. The number of nitrogens with zero attached hydrogens (tertiary/aromatic N) is 7. The standard InChI is InChI=1S/C25H21N9O2S/c1-34-23(31-32-33-34)16-4-6-18-15(9-16)5-7-19(18)30-25(36)21-10-20(27-13-28-21)24(35)26-11-14-2-3-17-12-29-37-22(17)8-14/h2-4,6,8-10,12-13,19H,5,7,11H2,1H3,(H,26,35)(H,30,36)/t19-/m1/s1. The molecule has 37 heavy (non-hydrogen) atoms. The molecule has 11 nitrogen and oxygen atoms in total. The SMILES string of the molecule is Cn1nnnc1-c1ccc2c(c1)CC[C@H]2NC(=O)c1cc(C(=O)NCc2ccc3cnsc3c2)ncn1. The Bertz CT molecular complexity index is 1640. The summed E-state index contributed by atoms with van der Waals surface area (Å²) in [5.41, 5.74) is 4.35. The van der Waals surface area contributed by atoms with Gasteiger partial charge >= 0.3 is 0 Å². The Morgan fingerprint density at radius 2 is 1.95 bits per heavy atom. The maximum absolute atomic E-state index is 13.0. The number of aryl methyl sites for hydroxylation is 2. The third-order valence-electron chi connectivity index (χ3n) is 6.41. The van der Waals surface area contributed by atoms with E-state index in [0.717, 1.165) is 45.2 Å². The molecule has 1 aliphatic carbocycles. The van der Waals surface area contributed by atoms with Gasteiger partial charge in [-0.15, -0.1) is 5.10 Å². The molecule has 12 heteroatoms. The molecular weight excluding hydrogens is 490 g/mol. The molecule has 6 rings (SSSR count). The van der Waals surface area contributed by atoms with Gasteiger partial charge in [0.2, 0.25) is 0 Å². The van der Waals surface area contributed by atoms with Crippen LogP contribution in [0.2, 0.25) is 0 Å². The molecule has 3 aromatic heterocycles. The van der Waals surface area contributed by atoms with Gasteiger partial charge in [0.1, 0.15) is 17.7 Å². The largest absolute Gasteiger partial charge is 0.347 e. The fourth-order valence-electron chi connectivity index (χ4n) is 4.51. The molecule has 184 valence electrons. The number of hydrogen-bond acceptors (Lipinski definition) is 9. The first-order valence-corrected chi connectivity index (χ1v) is 12.4. The van der Waals surface area contributed by atoms with Crippen molar-refractivity contribution < 1.29 is 9.59 Å². The molecule has 2 amide bonds. The van der Waals surface area contributed by atoms with Crippen LogP contribution in [0, 0.1) is 0 Å². The molecule has 1 atom stereocenters. The number of benzene rings is 2. The average molecular weight is 512 g/mol. The van der Waals surface area contributed by atoms with Crippen LogP contribution in [0.25, 0.3) is 21.5 Å². The maximum Gasteiger partial charge on any atom is 0.270 e. The van der Waals surface area contributed by atoms with E-state index in [-0.39, 0.29) is 29.2 Å². The molecule has 0 saturated carbocycles. The van der Waals surface area contributed by atoms with Gasteiger partial charge in [-0.1, -0.05) is 24.3 Å². The minimum Gasteiger partial charge on any atom is -0.347 e. The number of carbonyl (C=O) groups is 2. The van der Waals surface area contributed by atoms with Crippen molar-refractivity contribution in [3.8, 4) is 11.4 Å². The molecule has 2 N–H and O–H groups in total. The highest BCUT2D eigenvalue weighted by molar-refractivity contribution is 7.13. The van der Waals surface area contributed by atoms with Gasteiger partial charge in [-0.2, -0.15) is 4.37 Å². The summed E-state index contributed by atoms with van der Waals surface area (Å²) in [6.07, 6.45) is 4.64. The summed E-state index contributed by atoms with van der Waals surface area (Å²) >= 11 is 1.41. The maximum atomic E-state index is 13.0. The minimum atomic E-state index is -0.377. The Kier molecular flexibility index (Phi) is 5.85. The van der Waals surface area contributed by atoms with Crippen molar-refractivity contribution in [2.75, 3.05) is 0 Å². The highest BCUT2D eigenvalue weighted by Crippen LogP contribution is 2.33. The summed E-state index contributed by atoms with van der Waals surface area (Å²) in [5, 5.41) is 18.6. The second-order valence-corrected chi connectivity index (χ2v) is 9.61. The van der Waals surface area contributed by atoms with E-state index in [1.54, 1.807) is 11.7 Å². The molecule has 0 spiro atoms.